The van der Waals surface area contributed by atoms with Crippen molar-refractivity contribution in [1.82, 2.24) is 9.88 Å². The first kappa shape index (κ1) is 26.0. The van der Waals surface area contributed by atoms with E-state index < -0.39 is 52.4 Å². The van der Waals surface area contributed by atoms with E-state index in [-0.39, 0.29) is 40.8 Å². The Labute approximate surface area is 209 Å². The number of likely N-dealkylation sites (N-methyl/N-ethyl adjacent to an activating group) is 1. The Kier molecular flexibility index (Phi) is 7.12. The van der Waals surface area contributed by atoms with E-state index in [4.69, 9.17) is 15.2 Å². The molecule has 0 amide bonds. The SMILES string of the molecule is CCOC(=O)c1cn(-c2cc(N)c(F)cc2COC(C)=O)c2c(F)c(N3CC(NC)C3)c(F)cc2c1=O. The number of esters is 2. The van der Waals surface area contributed by atoms with E-state index in [2.05, 4.69) is 5.32 Å². The fourth-order valence-electron chi connectivity index (χ4n) is 4.22. The molecule has 1 aliphatic rings. The van der Waals surface area contributed by atoms with Crippen molar-refractivity contribution >= 4 is 34.2 Å². The third kappa shape index (κ3) is 4.71. The number of hydrogen-bond donors (Lipinski definition) is 2. The lowest BCUT2D eigenvalue weighted by atomic mass is 10.0. The number of fused-ring (bicyclic) bond motifs is 1. The predicted molar refractivity (Wildman–Crippen MR) is 130 cm³/mol. The number of nitrogen functional groups attached to an aromatic ring is 1. The number of pyridine rings is 1. The summed E-state index contributed by atoms with van der Waals surface area (Å²) in [5.74, 6) is -4.54. The molecule has 0 atom stereocenters. The summed E-state index contributed by atoms with van der Waals surface area (Å²) in [5.41, 5.74) is 3.38. The summed E-state index contributed by atoms with van der Waals surface area (Å²) >= 11 is 0. The van der Waals surface area contributed by atoms with Crippen LogP contribution in [0.2, 0.25) is 0 Å². The summed E-state index contributed by atoms with van der Waals surface area (Å²) in [7, 11) is 1.73. The molecule has 3 aromatic rings. The van der Waals surface area contributed by atoms with Gasteiger partial charge in [-0.3, -0.25) is 9.59 Å². The van der Waals surface area contributed by atoms with Crippen LogP contribution in [-0.2, 0) is 20.9 Å². The van der Waals surface area contributed by atoms with E-state index in [9.17, 15) is 18.8 Å². The second-order valence-corrected chi connectivity index (χ2v) is 8.55. The molecule has 1 aliphatic heterocycles. The molecule has 1 aromatic heterocycles. The maximum Gasteiger partial charge on any atom is 0.343 e. The molecule has 3 N–H and O–H groups in total. The molecule has 0 radical (unpaired) electrons. The van der Waals surface area contributed by atoms with E-state index in [0.717, 1.165) is 35.9 Å². The Bertz CT molecular complexity index is 1470. The number of nitrogens with two attached hydrogens (primary N) is 1. The van der Waals surface area contributed by atoms with Gasteiger partial charge in [0.2, 0.25) is 5.43 Å². The molecule has 0 aliphatic carbocycles. The molecule has 0 spiro atoms. The van der Waals surface area contributed by atoms with Crippen LogP contribution in [0.1, 0.15) is 29.8 Å². The highest BCUT2D eigenvalue weighted by atomic mass is 19.1. The van der Waals surface area contributed by atoms with E-state index in [1.54, 1.807) is 7.05 Å². The first-order valence-electron chi connectivity index (χ1n) is 11.5. The van der Waals surface area contributed by atoms with Crippen molar-refractivity contribution in [3.8, 4) is 5.69 Å². The van der Waals surface area contributed by atoms with Gasteiger partial charge in [-0.2, -0.15) is 0 Å². The largest absolute Gasteiger partial charge is 0.462 e. The number of hydrogen-bond acceptors (Lipinski definition) is 8. The first-order valence-corrected chi connectivity index (χ1v) is 11.5. The smallest absolute Gasteiger partial charge is 0.343 e. The molecule has 37 heavy (non-hydrogen) atoms. The molecule has 1 saturated heterocycles. The van der Waals surface area contributed by atoms with Crippen LogP contribution in [0.15, 0.2) is 29.2 Å². The number of ether oxygens (including phenoxy) is 2. The minimum atomic E-state index is -1.06. The van der Waals surface area contributed by atoms with Gasteiger partial charge in [0.1, 0.15) is 29.5 Å². The van der Waals surface area contributed by atoms with Gasteiger partial charge in [-0.05, 0) is 32.2 Å². The number of nitrogens with zero attached hydrogens (tertiary/aromatic N) is 2. The fraction of sp³-hybridized carbons (Fsp3) is 0.320. The highest BCUT2D eigenvalue weighted by Gasteiger charge is 2.32. The van der Waals surface area contributed by atoms with Gasteiger partial charge in [0.05, 0.1) is 28.9 Å². The van der Waals surface area contributed by atoms with Crippen LogP contribution in [0, 0.1) is 17.5 Å². The topological polar surface area (TPSA) is 116 Å². The van der Waals surface area contributed by atoms with Crippen molar-refractivity contribution in [2.24, 2.45) is 0 Å². The standard InChI is InChI=1S/C25H25F3N4O5/c1-4-36-25(35)16-10-32(20-7-19(29)17(26)5-13(20)11-37-12(2)33)22-15(24(16)34)6-18(27)23(21(22)28)31-8-14(9-31)30-3/h5-7,10,14,30H,4,8-9,11,29H2,1-3H3. The van der Waals surface area contributed by atoms with Gasteiger partial charge < -0.3 is 30.0 Å². The van der Waals surface area contributed by atoms with Gasteiger partial charge in [0.15, 0.2) is 5.82 Å². The second kappa shape index (κ2) is 10.1. The lowest BCUT2D eigenvalue weighted by Gasteiger charge is -2.41. The Morgan fingerprint density at radius 3 is 2.46 bits per heavy atom. The molecule has 9 nitrogen and oxygen atoms in total. The maximum absolute atomic E-state index is 16.1. The average molecular weight is 518 g/mol. The van der Waals surface area contributed by atoms with Crippen LogP contribution in [0.5, 0.6) is 0 Å². The lowest BCUT2D eigenvalue weighted by molar-refractivity contribution is -0.142. The third-order valence-corrected chi connectivity index (χ3v) is 6.15. The molecule has 2 aromatic carbocycles. The molecule has 2 heterocycles. The molecule has 0 unspecified atom stereocenters. The zero-order valence-corrected chi connectivity index (χ0v) is 20.4. The maximum atomic E-state index is 16.1. The van der Waals surface area contributed by atoms with Crippen molar-refractivity contribution in [3.63, 3.8) is 0 Å². The number of benzene rings is 2. The highest BCUT2D eigenvalue weighted by molar-refractivity contribution is 5.95. The number of carbonyl (C=O) groups excluding carboxylic acids is 2. The van der Waals surface area contributed by atoms with Crippen molar-refractivity contribution < 1.29 is 32.2 Å². The number of halogens is 3. The number of aromatic nitrogens is 1. The monoisotopic (exact) mass is 518 g/mol. The molecule has 196 valence electrons. The number of anilines is 2. The fourth-order valence-corrected chi connectivity index (χ4v) is 4.22. The van der Waals surface area contributed by atoms with Gasteiger partial charge in [-0.1, -0.05) is 0 Å². The number of carbonyl (C=O) groups is 2. The second-order valence-electron chi connectivity index (χ2n) is 8.55. The number of rotatable bonds is 7. The van der Waals surface area contributed by atoms with Gasteiger partial charge in [-0.15, -0.1) is 0 Å². The van der Waals surface area contributed by atoms with Crippen LogP contribution < -0.4 is 21.4 Å². The van der Waals surface area contributed by atoms with Crippen molar-refractivity contribution in [2.75, 3.05) is 37.4 Å². The quantitative estimate of drug-likeness (QED) is 0.362. The Balaban J connectivity index is 2.07. The minimum absolute atomic E-state index is 0.0175. The molecule has 1 fully saturated rings. The summed E-state index contributed by atoms with van der Waals surface area (Å²) in [6.45, 7) is 2.86. The summed E-state index contributed by atoms with van der Waals surface area (Å²) in [6.07, 6.45) is 1.03. The van der Waals surface area contributed by atoms with E-state index in [1.165, 1.54) is 11.8 Å². The molecule has 4 rings (SSSR count). The minimum Gasteiger partial charge on any atom is -0.462 e. The predicted octanol–water partition coefficient (Wildman–Crippen LogP) is 2.64. The highest BCUT2D eigenvalue weighted by Crippen LogP contribution is 2.35. The molecular formula is C25H25F3N4O5. The van der Waals surface area contributed by atoms with Crippen LogP contribution >= 0.6 is 0 Å². The summed E-state index contributed by atoms with van der Waals surface area (Å²) in [5, 5.41) is 2.58. The zero-order chi connectivity index (χ0) is 27.0. The zero-order valence-electron chi connectivity index (χ0n) is 20.4. The molecule has 12 heteroatoms. The Morgan fingerprint density at radius 2 is 1.84 bits per heavy atom. The molecular weight excluding hydrogens is 493 g/mol. The number of nitrogens with one attached hydrogen (secondary N) is 1. The van der Waals surface area contributed by atoms with Crippen LogP contribution in [0.3, 0.4) is 0 Å². The van der Waals surface area contributed by atoms with Crippen molar-refractivity contribution in [1.29, 1.82) is 0 Å². The van der Waals surface area contributed by atoms with Gasteiger partial charge >= 0.3 is 11.9 Å². The van der Waals surface area contributed by atoms with Gasteiger partial charge in [0, 0.05) is 37.8 Å². The van der Waals surface area contributed by atoms with Crippen LogP contribution in [-0.4, -0.2) is 49.3 Å². The normalized spacial score (nSPS) is 13.5. The third-order valence-electron chi connectivity index (χ3n) is 6.15. The van der Waals surface area contributed by atoms with E-state index >= 15 is 8.78 Å². The summed E-state index contributed by atoms with van der Waals surface area (Å²) in [4.78, 5) is 38.7. The molecule has 0 bridgehead atoms. The van der Waals surface area contributed by atoms with Crippen LogP contribution in [0.25, 0.3) is 16.6 Å². The average Bonchev–Trinajstić information content (AvgIpc) is 2.81. The van der Waals surface area contributed by atoms with E-state index in [1.807, 2.05) is 0 Å². The van der Waals surface area contributed by atoms with Gasteiger partial charge in [0.25, 0.3) is 0 Å². The Hall–Kier alpha value is -4.06. The summed E-state index contributed by atoms with van der Waals surface area (Å²) in [6, 6.07) is 3.03. The van der Waals surface area contributed by atoms with Gasteiger partial charge in [-0.25, -0.2) is 18.0 Å². The first-order chi connectivity index (χ1) is 17.6. The van der Waals surface area contributed by atoms with E-state index in [0.29, 0.717) is 13.1 Å². The lowest BCUT2D eigenvalue weighted by Crippen LogP contribution is -2.57. The van der Waals surface area contributed by atoms with Crippen molar-refractivity contribution in [2.45, 2.75) is 26.5 Å². The molecule has 0 saturated carbocycles. The Morgan fingerprint density at radius 1 is 1.14 bits per heavy atom. The van der Waals surface area contributed by atoms with Crippen LogP contribution in [0.4, 0.5) is 24.5 Å². The van der Waals surface area contributed by atoms with Crippen molar-refractivity contribution in [3.05, 3.63) is 63.2 Å². The summed E-state index contributed by atoms with van der Waals surface area (Å²) < 4.78 is 56.7.